The molecule has 57 heavy (non-hydrogen) atoms. The minimum atomic E-state index is -0.0339. The Hall–Kier alpha value is -7.31. The zero-order valence-electron chi connectivity index (χ0n) is 30.9. The lowest BCUT2D eigenvalue weighted by molar-refractivity contribution is 0.570. The number of hydrogen-bond acceptors (Lipinski definition) is 5. The van der Waals surface area contributed by atoms with E-state index in [1.807, 2.05) is 18.2 Å². The maximum Gasteiger partial charge on any atom is 0.163 e. The molecule has 6 heteroatoms. The highest BCUT2D eigenvalue weighted by Crippen LogP contribution is 2.40. The molecular formula is C51H34N4O2. The van der Waals surface area contributed by atoms with Crippen LogP contribution in [0.15, 0.2) is 161 Å². The first-order valence-electron chi connectivity index (χ1n) is 19.6. The molecule has 0 aliphatic heterocycles. The van der Waals surface area contributed by atoms with Gasteiger partial charge in [-0.3, -0.25) is 0 Å². The summed E-state index contributed by atoms with van der Waals surface area (Å²) < 4.78 is 15.8. The van der Waals surface area contributed by atoms with Gasteiger partial charge in [0, 0.05) is 60.4 Å². The number of aromatic nitrogens is 4. The molecule has 0 amide bonds. The summed E-state index contributed by atoms with van der Waals surface area (Å²) >= 11 is 0. The molecule has 12 rings (SSSR count). The number of nitrogens with zero attached hydrogens (tertiary/aromatic N) is 4. The number of hydrogen-bond donors (Lipinski definition) is 0. The van der Waals surface area contributed by atoms with Crippen molar-refractivity contribution in [1.82, 2.24) is 19.5 Å². The van der Waals surface area contributed by atoms with Crippen LogP contribution in [0.4, 0.5) is 0 Å². The van der Waals surface area contributed by atoms with E-state index >= 15 is 0 Å². The van der Waals surface area contributed by atoms with Crippen LogP contribution < -0.4 is 10.6 Å². The van der Waals surface area contributed by atoms with Crippen molar-refractivity contribution in [3.05, 3.63) is 174 Å². The van der Waals surface area contributed by atoms with Crippen LogP contribution in [-0.4, -0.2) is 19.5 Å². The summed E-state index contributed by atoms with van der Waals surface area (Å²) in [6.45, 7) is 0. The van der Waals surface area contributed by atoms with Crippen molar-refractivity contribution >= 4 is 72.4 Å². The summed E-state index contributed by atoms with van der Waals surface area (Å²) in [5, 5.41) is 6.76. The van der Waals surface area contributed by atoms with Gasteiger partial charge in [0.2, 0.25) is 0 Å². The number of fused-ring (bicyclic) bond motifs is 9. The number of benzene rings is 6. The number of furan rings is 2. The van der Waals surface area contributed by atoms with E-state index < -0.39 is 0 Å². The highest BCUT2D eigenvalue weighted by Gasteiger charge is 2.23. The molecule has 2 aliphatic rings. The van der Waals surface area contributed by atoms with E-state index in [2.05, 4.69) is 150 Å². The fourth-order valence-corrected chi connectivity index (χ4v) is 8.92. The molecule has 6 aromatic carbocycles. The monoisotopic (exact) mass is 734 g/mol. The SMILES string of the molecule is C1=CCCC(c2nc(-c3ccccc3)nc(C3C=c4c(oc5c(-c6cccc7c6oc6ccc(-n8c9ccccc9c9ccccc98)cc67)cccc45)=CC3)n2)=C1. The number of para-hydroxylation sites is 4. The molecule has 2 aliphatic carbocycles. The zero-order chi connectivity index (χ0) is 37.5. The van der Waals surface area contributed by atoms with Crippen LogP contribution in [0.5, 0.6) is 0 Å². The molecule has 0 N–H and O–H groups in total. The van der Waals surface area contributed by atoms with Crippen molar-refractivity contribution in [3.63, 3.8) is 0 Å². The van der Waals surface area contributed by atoms with Crippen molar-refractivity contribution in [3.8, 4) is 28.2 Å². The highest BCUT2D eigenvalue weighted by molar-refractivity contribution is 6.13. The van der Waals surface area contributed by atoms with Gasteiger partial charge in [-0.05, 0) is 61.2 Å². The van der Waals surface area contributed by atoms with Crippen molar-refractivity contribution in [2.75, 3.05) is 0 Å². The smallest absolute Gasteiger partial charge is 0.163 e. The number of rotatable bonds is 5. The predicted molar refractivity (Wildman–Crippen MR) is 230 cm³/mol. The van der Waals surface area contributed by atoms with Gasteiger partial charge in [0.15, 0.2) is 11.6 Å². The van der Waals surface area contributed by atoms with Crippen LogP contribution in [0.1, 0.15) is 36.8 Å². The standard InChI is InChI=1S/C51H34N4O2/c1-3-13-31(14-4-1)49-52-50(32-15-5-2-6-16-32)54-51(53-49)33-25-27-45-41(29-33)39-21-11-19-37(47(39)56-45)38-20-12-22-40-42-30-34(26-28-46(42)57-48(38)40)55-43-23-9-7-17-35(43)36-18-8-10-24-44(36)55/h1-5,7-15,17-24,26-30,33H,6,16,25H2. The van der Waals surface area contributed by atoms with Gasteiger partial charge in [-0.1, -0.05) is 127 Å². The molecule has 0 spiro atoms. The second-order valence-electron chi connectivity index (χ2n) is 15.0. The molecule has 0 saturated heterocycles. The average Bonchev–Trinajstić information content (AvgIpc) is 3.96. The summed E-state index contributed by atoms with van der Waals surface area (Å²) in [6, 6.07) is 46.8. The minimum absolute atomic E-state index is 0.0339. The molecule has 1 unspecified atom stereocenters. The van der Waals surface area contributed by atoms with Crippen LogP contribution in [0, 0.1) is 0 Å². The Balaban J connectivity index is 0.983. The van der Waals surface area contributed by atoms with E-state index in [4.69, 9.17) is 23.8 Å². The molecule has 6 nitrogen and oxygen atoms in total. The van der Waals surface area contributed by atoms with E-state index in [0.717, 1.165) is 102 Å². The van der Waals surface area contributed by atoms with Gasteiger partial charge in [0.1, 0.15) is 28.0 Å². The normalized spacial score (nSPS) is 15.3. The lowest BCUT2D eigenvalue weighted by Gasteiger charge is -2.15. The summed E-state index contributed by atoms with van der Waals surface area (Å²) in [4.78, 5) is 15.1. The van der Waals surface area contributed by atoms with Gasteiger partial charge in [-0.25, -0.2) is 15.0 Å². The highest BCUT2D eigenvalue weighted by atomic mass is 16.3. The van der Waals surface area contributed by atoms with Crippen LogP contribution >= 0.6 is 0 Å². The maximum atomic E-state index is 6.74. The summed E-state index contributed by atoms with van der Waals surface area (Å²) in [7, 11) is 0. The van der Waals surface area contributed by atoms with Crippen LogP contribution in [0.3, 0.4) is 0 Å². The van der Waals surface area contributed by atoms with Gasteiger partial charge < -0.3 is 13.4 Å². The molecule has 0 bridgehead atoms. The van der Waals surface area contributed by atoms with Gasteiger partial charge in [0.25, 0.3) is 0 Å². The van der Waals surface area contributed by atoms with E-state index in [0.29, 0.717) is 5.82 Å². The van der Waals surface area contributed by atoms with Gasteiger partial charge in [0.05, 0.1) is 11.0 Å². The second kappa shape index (κ2) is 12.6. The Labute approximate surface area is 327 Å². The minimum Gasteiger partial charge on any atom is -0.456 e. The molecule has 4 aromatic heterocycles. The molecular weight excluding hydrogens is 701 g/mol. The third kappa shape index (κ3) is 5.07. The molecule has 270 valence electrons. The van der Waals surface area contributed by atoms with Gasteiger partial charge >= 0.3 is 0 Å². The zero-order valence-corrected chi connectivity index (χ0v) is 30.9. The molecule has 1 atom stereocenters. The molecule has 10 aromatic rings. The largest absolute Gasteiger partial charge is 0.456 e. The molecule has 0 saturated carbocycles. The first-order valence-corrected chi connectivity index (χ1v) is 19.6. The number of allylic oxidation sites excluding steroid dienone is 4. The lowest BCUT2D eigenvalue weighted by Crippen LogP contribution is -2.25. The Morgan fingerprint density at radius 3 is 2.07 bits per heavy atom. The first-order chi connectivity index (χ1) is 28.2. The van der Waals surface area contributed by atoms with E-state index in [1.165, 1.54) is 21.8 Å². The van der Waals surface area contributed by atoms with Crippen LogP contribution in [0.25, 0.3) is 101 Å². The van der Waals surface area contributed by atoms with Crippen molar-refractivity contribution in [2.24, 2.45) is 0 Å². The second-order valence-corrected chi connectivity index (χ2v) is 15.0. The Kier molecular flexibility index (Phi) is 7.08. The Morgan fingerprint density at radius 2 is 1.30 bits per heavy atom. The predicted octanol–water partition coefficient (Wildman–Crippen LogP) is 11.4. The third-order valence-electron chi connectivity index (χ3n) is 11.6. The molecule has 0 radical (unpaired) electrons. The van der Waals surface area contributed by atoms with Gasteiger partial charge in [-0.2, -0.15) is 0 Å². The summed E-state index contributed by atoms with van der Waals surface area (Å²) in [5.41, 5.74) is 11.0. The van der Waals surface area contributed by atoms with E-state index in [9.17, 15) is 0 Å². The van der Waals surface area contributed by atoms with Gasteiger partial charge in [-0.15, -0.1) is 0 Å². The summed E-state index contributed by atoms with van der Waals surface area (Å²) in [6.07, 6.45) is 13.5. The van der Waals surface area contributed by atoms with Crippen LogP contribution in [0.2, 0.25) is 0 Å². The average molecular weight is 735 g/mol. The van der Waals surface area contributed by atoms with Crippen molar-refractivity contribution in [1.29, 1.82) is 0 Å². The summed E-state index contributed by atoms with van der Waals surface area (Å²) in [5.74, 6) is 2.19. The molecule has 0 fully saturated rings. The lowest BCUT2D eigenvalue weighted by atomic mass is 9.96. The first kappa shape index (κ1) is 32.0. The fourth-order valence-electron chi connectivity index (χ4n) is 8.92. The third-order valence-corrected chi connectivity index (χ3v) is 11.6. The van der Waals surface area contributed by atoms with E-state index in [-0.39, 0.29) is 5.92 Å². The van der Waals surface area contributed by atoms with Crippen LogP contribution in [-0.2, 0) is 0 Å². The topological polar surface area (TPSA) is 69.9 Å². The van der Waals surface area contributed by atoms with Crippen molar-refractivity contribution in [2.45, 2.75) is 25.2 Å². The fraction of sp³-hybridized carbons (Fsp3) is 0.0784. The Morgan fingerprint density at radius 1 is 0.596 bits per heavy atom. The Bertz CT molecular complexity index is 3400. The quantitative estimate of drug-likeness (QED) is 0.176. The maximum absolute atomic E-state index is 6.74. The van der Waals surface area contributed by atoms with Crippen molar-refractivity contribution < 1.29 is 8.83 Å². The molecule has 4 heterocycles. The van der Waals surface area contributed by atoms with E-state index in [1.54, 1.807) is 0 Å².